The van der Waals surface area contributed by atoms with E-state index in [4.69, 9.17) is 5.11 Å². The number of hydrogen-bond donors (Lipinski definition) is 2. The van der Waals surface area contributed by atoms with E-state index in [1.807, 2.05) is 6.92 Å². The molecule has 1 aliphatic carbocycles. The first-order valence-electron chi connectivity index (χ1n) is 5.15. The van der Waals surface area contributed by atoms with E-state index < -0.39 is 5.97 Å². The zero-order valence-corrected chi connectivity index (χ0v) is 8.45. The highest BCUT2D eigenvalue weighted by molar-refractivity contribution is 5.77. The Kier molecular flexibility index (Phi) is 3.92. The highest BCUT2D eigenvalue weighted by Gasteiger charge is 2.24. The predicted octanol–water partition coefficient (Wildman–Crippen LogP) is 1.16. The van der Waals surface area contributed by atoms with Crippen LogP contribution in [0.4, 0.5) is 0 Å². The molecule has 0 aliphatic heterocycles. The Bertz CT molecular complexity index is 223. The second kappa shape index (κ2) is 4.98. The third kappa shape index (κ3) is 3.77. The molecule has 4 nitrogen and oxygen atoms in total. The standard InChI is InChI=1S/C10H17NO3/c1-2-7(10(13)14)3-6-9(12)11-8-4-5-8/h7-8H,2-6H2,1H3,(H,11,12)(H,13,14). The fourth-order valence-electron chi connectivity index (χ4n) is 1.34. The molecule has 0 spiro atoms. The van der Waals surface area contributed by atoms with Crippen molar-refractivity contribution in [3.8, 4) is 0 Å². The van der Waals surface area contributed by atoms with Crippen LogP contribution in [0.15, 0.2) is 0 Å². The average Bonchev–Trinajstić information content (AvgIpc) is 2.88. The lowest BCUT2D eigenvalue weighted by Crippen LogP contribution is -2.26. The van der Waals surface area contributed by atoms with E-state index in [0.717, 1.165) is 12.8 Å². The molecule has 1 saturated carbocycles. The molecule has 14 heavy (non-hydrogen) atoms. The summed E-state index contributed by atoms with van der Waals surface area (Å²) in [5.74, 6) is -1.18. The molecule has 1 atom stereocenters. The quantitative estimate of drug-likeness (QED) is 0.674. The summed E-state index contributed by atoms with van der Waals surface area (Å²) in [7, 11) is 0. The van der Waals surface area contributed by atoms with Crippen LogP contribution >= 0.6 is 0 Å². The number of carbonyl (C=O) groups excluding carboxylic acids is 1. The topological polar surface area (TPSA) is 66.4 Å². The summed E-state index contributed by atoms with van der Waals surface area (Å²) in [6.45, 7) is 1.83. The Morgan fingerprint density at radius 1 is 1.50 bits per heavy atom. The number of carboxylic acids is 1. The zero-order chi connectivity index (χ0) is 10.6. The van der Waals surface area contributed by atoms with Crippen LogP contribution in [0.25, 0.3) is 0 Å². The highest BCUT2D eigenvalue weighted by Crippen LogP contribution is 2.19. The van der Waals surface area contributed by atoms with Crippen molar-refractivity contribution in [2.45, 2.75) is 45.1 Å². The van der Waals surface area contributed by atoms with Crippen LogP contribution in [0, 0.1) is 5.92 Å². The Balaban J connectivity index is 2.16. The average molecular weight is 199 g/mol. The minimum absolute atomic E-state index is 0.00722. The van der Waals surface area contributed by atoms with E-state index in [-0.39, 0.29) is 11.8 Å². The summed E-state index contributed by atoms with van der Waals surface area (Å²) >= 11 is 0. The van der Waals surface area contributed by atoms with E-state index in [9.17, 15) is 9.59 Å². The lowest BCUT2D eigenvalue weighted by atomic mass is 10.0. The fourth-order valence-corrected chi connectivity index (χ4v) is 1.34. The van der Waals surface area contributed by atoms with Gasteiger partial charge in [-0.15, -0.1) is 0 Å². The first-order valence-corrected chi connectivity index (χ1v) is 5.15. The SMILES string of the molecule is CCC(CCC(=O)NC1CC1)C(=O)O. The van der Waals surface area contributed by atoms with Crippen molar-refractivity contribution in [2.75, 3.05) is 0 Å². The molecule has 0 aromatic heterocycles. The van der Waals surface area contributed by atoms with Gasteiger partial charge in [0.2, 0.25) is 5.91 Å². The van der Waals surface area contributed by atoms with Crippen molar-refractivity contribution in [1.29, 1.82) is 0 Å². The van der Waals surface area contributed by atoms with Crippen LogP contribution in [-0.2, 0) is 9.59 Å². The third-order valence-corrected chi connectivity index (χ3v) is 2.50. The minimum Gasteiger partial charge on any atom is -0.481 e. The van der Waals surface area contributed by atoms with Gasteiger partial charge in [0.05, 0.1) is 5.92 Å². The second-order valence-corrected chi connectivity index (χ2v) is 3.82. The Labute approximate surface area is 83.7 Å². The molecule has 0 aromatic rings. The van der Waals surface area contributed by atoms with Gasteiger partial charge in [-0.1, -0.05) is 6.92 Å². The number of rotatable bonds is 6. The van der Waals surface area contributed by atoms with Gasteiger partial charge in [0.25, 0.3) is 0 Å². The molecule has 1 fully saturated rings. The number of carboxylic acid groups (broad SMARTS) is 1. The molecule has 1 rings (SSSR count). The van der Waals surface area contributed by atoms with Gasteiger partial charge < -0.3 is 10.4 Å². The smallest absolute Gasteiger partial charge is 0.306 e. The molecule has 0 radical (unpaired) electrons. The van der Waals surface area contributed by atoms with Crippen LogP contribution in [0.3, 0.4) is 0 Å². The maximum absolute atomic E-state index is 11.2. The molecule has 0 heterocycles. The summed E-state index contributed by atoms with van der Waals surface area (Å²) in [6.07, 6.45) is 3.52. The van der Waals surface area contributed by atoms with E-state index in [1.54, 1.807) is 0 Å². The lowest BCUT2D eigenvalue weighted by molar-refractivity contribution is -0.142. The zero-order valence-electron chi connectivity index (χ0n) is 8.45. The van der Waals surface area contributed by atoms with Gasteiger partial charge in [0, 0.05) is 12.5 Å². The van der Waals surface area contributed by atoms with Gasteiger partial charge in [-0.25, -0.2) is 0 Å². The minimum atomic E-state index is -0.799. The maximum atomic E-state index is 11.2. The predicted molar refractivity (Wildman–Crippen MR) is 51.8 cm³/mol. The number of carbonyl (C=O) groups is 2. The molecule has 0 saturated heterocycles. The van der Waals surface area contributed by atoms with Crippen LogP contribution in [0.2, 0.25) is 0 Å². The van der Waals surface area contributed by atoms with Crippen molar-refractivity contribution in [3.05, 3.63) is 0 Å². The fraction of sp³-hybridized carbons (Fsp3) is 0.800. The summed E-state index contributed by atoms with van der Waals surface area (Å²) in [5.41, 5.74) is 0. The first-order chi connectivity index (χ1) is 6.63. The monoisotopic (exact) mass is 199 g/mol. The second-order valence-electron chi connectivity index (χ2n) is 3.82. The summed E-state index contributed by atoms with van der Waals surface area (Å²) in [6, 6.07) is 0.368. The van der Waals surface area contributed by atoms with E-state index in [2.05, 4.69) is 5.32 Å². The van der Waals surface area contributed by atoms with Crippen molar-refractivity contribution >= 4 is 11.9 Å². The molecule has 1 amide bonds. The van der Waals surface area contributed by atoms with Gasteiger partial charge in [-0.05, 0) is 25.7 Å². The number of aliphatic carboxylic acids is 1. The summed E-state index contributed by atoms with van der Waals surface area (Å²) in [4.78, 5) is 21.9. The molecule has 4 heteroatoms. The molecule has 1 aliphatic rings. The normalized spacial score (nSPS) is 17.5. The summed E-state index contributed by atoms with van der Waals surface area (Å²) < 4.78 is 0. The van der Waals surface area contributed by atoms with E-state index in [0.29, 0.717) is 25.3 Å². The molecular weight excluding hydrogens is 182 g/mol. The van der Waals surface area contributed by atoms with Gasteiger partial charge in [-0.2, -0.15) is 0 Å². The lowest BCUT2D eigenvalue weighted by Gasteiger charge is -2.08. The molecular formula is C10H17NO3. The van der Waals surface area contributed by atoms with Crippen molar-refractivity contribution in [1.82, 2.24) is 5.32 Å². The molecule has 2 N–H and O–H groups in total. The maximum Gasteiger partial charge on any atom is 0.306 e. The number of hydrogen-bond acceptors (Lipinski definition) is 2. The number of nitrogens with one attached hydrogen (secondary N) is 1. The molecule has 1 unspecified atom stereocenters. The Morgan fingerprint density at radius 3 is 2.57 bits per heavy atom. The highest BCUT2D eigenvalue weighted by atomic mass is 16.4. The van der Waals surface area contributed by atoms with E-state index in [1.165, 1.54) is 0 Å². The summed E-state index contributed by atoms with van der Waals surface area (Å²) in [5, 5.41) is 11.6. The van der Waals surface area contributed by atoms with Crippen molar-refractivity contribution in [3.63, 3.8) is 0 Å². The van der Waals surface area contributed by atoms with Crippen molar-refractivity contribution < 1.29 is 14.7 Å². The third-order valence-electron chi connectivity index (χ3n) is 2.50. The largest absolute Gasteiger partial charge is 0.481 e. The van der Waals surface area contributed by atoms with Gasteiger partial charge in [0.1, 0.15) is 0 Å². The first kappa shape index (κ1) is 11.0. The van der Waals surface area contributed by atoms with Gasteiger partial charge in [0.15, 0.2) is 0 Å². The van der Waals surface area contributed by atoms with E-state index >= 15 is 0 Å². The Morgan fingerprint density at radius 2 is 2.14 bits per heavy atom. The van der Waals surface area contributed by atoms with Crippen LogP contribution < -0.4 is 5.32 Å². The molecule has 0 bridgehead atoms. The van der Waals surface area contributed by atoms with Crippen LogP contribution in [0.1, 0.15) is 39.0 Å². The van der Waals surface area contributed by atoms with Crippen molar-refractivity contribution in [2.24, 2.45) is 5.92 Å². The number of amides is 1. The van der Waals surface area contributed by atoms with Gasteiger partial charge >= 0.3 is 5.97 Å². The van der Waals surface area contributed by atoms with Gasteiger partial charge in [-0.3, -0.25) is 9.59 Å². The molecule has 0 aromatic carbocycles. The Hall–Kier alpha value is -1.06. The van der Waals surface area contributed by atoms with Crippen LogP contribution in [-0.4, -0.2) is 23.0 Å². The van der Waals surface area contributed by atoms with Crippen LogP contribution in [0.5, 0.6) is 0 Å². The molecule has 80 valence electrons.